The van der Waals surface area contributed by atoms with Crippen LogP contribution in [0, 0.1) is 11.3 Å². The molecular weight excluding hydrogens is 510 g/mol. The molecule has 8 rings (SSSR count). The van der Waals surface area contributed by atoms with Gasteiger partial charge in [0.15, 0.2) is 5.82 Å². The van der Waals surface area contributed by atoms with Gasteiger partial charge in [0, 0.05) is 22.1 Å². The van der Waals surface area contributed by atoms with Crippen molar-refractivity contribution in [3.05, 3.63) is 145 Å². The Morgan fingerprint density at radius 1 is 0.405 bits per heavy atom. The van der Waals surface area contributed by atoms with Crippen LogP contribution in [0.2, 0.25) is 0 Å². The van der Waals surface area contributed by atoms with E-state index in [4.69, 9.17) is 9.97 Å². The Balaban J connectivity index is 1.46. The van der Waals surface area contributed by atoms with Crippen LogP contribution in [0.3, 0.4) is 0 Å². The van der Waals surface area contributed by atoms with E-state index in [0.29, 0.717) is 11.4 Å². The number of nitrogens with zero attached hydrogens (tertiary/aromatic N) is 3. The lowest BCUT2D eigenvalue weighted by Crippen LogP contribution is -1.97. The Morgan fingerprint density at radius 2 is 0.929 bits per heavy atom. The highest BCUT2D eigenvalue weighted by Crippen LogP contribution is 2.51. The summed E-state index contributed by atoms with van der Waals surface area (Å²) in [4.78, 5) is 10.2. The van der Waals surface area contributed by atoms with E-state index in [1.54, 1.807) is 0 Å². The summed E-state index contributed by atoms with van der Waals surface area (Å²) in [6.45, 7) is 0. The summed E-state index contributed by atoms with van der Waals surface area (Å²) in [6.07, 6.45) is 0. The fourth-order valence-electron chi connectivity index (χ4n) is 6.13. The van der Waals surface area contributed by atoms with Crippen LogP contribution in [-0.4, -0.2) is 9.97 Å². The van der Waals surface area contributed by atoms with Gasteiger partial charge in [-0.05, 0) is 57.0 Å². The molecule has 0 saturated heterocycles. The van der Waals surface area contributed by atoms with Crippen LogP contribution in [0.25, 0.3) is 78.1 Å². The minimum Gasteiger partial charge on any atom is -0.228 e. The lowest BCUT2D eigenvalue weighted by molar-refractivity contribution is 1.18. The van der Waals surface area contributed by atoms with Gasteiger partial charge < -0.3 is 0 Å². The molecule has 0 aliphatic heterocycles. The fourth-order valence-corrected chi connectivity index (χ4v) is 6.13. The predicted molar refractivity (Wildman–Crippen MR) is 170 cm³/mol. The second-order valence-corrected chi connectivity index (χ2v) is 10.5. The van der Waals surface area contributed by atoms with E-state index < -0.39 is 0 Å². The molecule has 7 aromatic rings. The van der Waals surface area contributed by atoms with E-state index in [-0.39, 0.29) is 0 Å². The van der Waals surface area contributed by atoms with E-state index in [0.717, 1.165) is 44.6 Å². The van der Waals surface area contributed by atoms with Gasteiger partial charge >= 0.3 is 0 Å². The molecule has 1 aliphatic rings. The Bertz CT molecular complexity index is 2090. The number of benzene rings is 6. The average molecular weight is 534 g/mol. The molecule has 0 N–H and O–H groups in total. The lowest BCUT2D eigenvalue weighted by atomic mass is 9.89. The van der Waals surface area contributed by atoms with Crippen LogP contribution < -0.4 is 0 Å². The van der Waals surface area contributed by atoms with Crippen molar-refractivity contribution in [2.75, 3.05) is 0 Å². The summed E-state index contributed by atoms with van der Waals surface area (Å²) in [5, 5.41) is 11.8. The minimum atomic E-state index is 0.646. The number of rotatable bonds is 4. The zero-order chi connectivity index (χ0) is 28.0. The molecule has 194 valence electrons. The highest BCUT2D eigenvalue weighted by molar-refractivity contribution is 6.22. The van der Waals surface area contributed by atoms with Gasteiger partial charge in [-0.1, -0.05) is 121 Å². The molecule has 0 atom stereocenters. The van der Waals surface area contributed by atoms with Crippen LogP contribution in [0.4, 0.5) is 0 Å². The summed E-state index contributed by atoms with van der Waals surface area (Å²) >= 11 is 0. The summed E-state index contributed by atoms with van der Waals surface area (Å²) in [5.74, 6) is 0.693. The molecule has 0 fully saturated rings. The molecule has 0 spiro atoms. The summed E-state index contributed by atoms with van der Waals surface area (Å²) < 4.78 is 0. The van der Waals surface area contributed by atoms with Crippen LogP contribution in [0.15, 0.2) is 140 Å². The van der Waals surface area contributed by atoms with Crippen LogP contribution in [-0.2, 0) is 0 Å². The summed E-state index contributed by atoms with van der Waals surface area (Å²) in [5.41, 5.74) is 12.6. The molecule has 0 amide bonds. The Hall–Kier alpha value is -5.85. The van der Waals surface area contributed by atoms with E-state index >= 15 is 0 Å². The van der Waals surface area contributed by atoms with Gasteiger partial charge in [0.1, 0.15) is 0 Å². The van der Waals surface area contributed by atoms with Crippen molar-refractivity contribution >= 4 is 10.8 Å². The van der Waals surface area contributed by atoms with Crippen LogP contribution in [0.5, 0.6) is 0 Å². The van der Waals surface area contributed by atoms with E-state index in [1.807, 2.05) is 60.7 Å². The SMILES string of the molecule is N#Cc1ccc(-c2ccc3c4c(ccc(-c5cc(-c6ccccc6)nc(-c6ccccc6)n5)c24)-c2ccccc2-3)cc1. The molecular formula is C39H23N3. The van der Waals surface area contributed by atoms with Gasteiger partial charge in [-0.2, -0.15) is 5.26 Å². The van der Waals surface area contributed by atoms with Crippen molar-refractivity contribution in [3.63, 3.8) is 0 Å². The first-order chi connectivity index (χ1) is 20.8. The Labute approximate surface area is 244 Å². The fraction of sp³-hybridized carbons (Fsp3) is 0. The van der Waals surface area contributed by atoms with Crippen molar-refractivity contribution in [2.45, 2.75) is 0 Å². The van der Waals surface area contributed by atoms with E-state index in [1.165, 1.54) is 27.6 Å². The molecule has 0 unspecified atom stereocenters. The van der Waals surface area contributed by atoms with Gasteiger partial charge in [-0.3, -0.25) is 0 Å². The first-order valence-electron chi connectivity index (χ1n) is 14.0. The Morgan fingerprint density at radius 3 is 1.57 bits per heavy atom. The molecule has 3 nitrogen and oxygen atoms in total. The number of nitriles is 1. The average Bonchev–Trinajstić information content (AvgIpc) is 3.40. The molecule has 42 heavy (non-hydrogen) atoms. The van der Waals surface area contributed by atoms with Gasteiger partial charge in [0.2, 0.25) is 0 Å². The first kappa shape index (κ1) is 24.0. The number of fused-ring (bicyclic) bond motifs is 3. The maximum atomic E-state index is 9.42. The molecule has 1 heterocycles. The molecule has 3 heteroatoms. The van der Waals surface area contributed by atoms with Gasteiger partial charge in [0.05, 0.1) is 23.0 Å². The molecule has 1 aromatic heterocycles. The van der Waals surface area contributed by atoms with Gasteiger partial charge in [-0.25, -0.2) is 9.97 Å². The second-order valence-electron chi connectivity index (χ2n) is 10.5. The third kappa shape index (κ3) is 3.82. The number of hydrogen-bond donors (Lipinski definition) is 0. The third-order valence-corrected chi connectivity index (χ3v) is 8.10. The van der Waals surface area contributed by atoms with E-state index in [9.17, 15) is 5.26 Å². The smallest absolute Gasteiger partial charge is 0.160 e. The molecule has 0 saturated carbocycles. The van der Waals surface area contributed by atoms with Crippen LogP contribution in [0.1, 0.15) is 5.56 Å². The topological polar surface area (TPSA) is 49.6 Å². The minimum absolute atomic E-state index is 0.646. The highest BCUT2D eigenvalue weighted by atomic mass is 14.9. The number of hydrogen-bond acceptors (Lipinski definition) is 3. The zero-order valence-corrected chi connectivity index (χ0v) is 22.6. The van der Waals surface area contributed by atoms with Crippen LogP contribution >= 0.6 is 0 Å². The molecule has 0 radical (unpaired) electrons. The van der Waals surface area contributed by atoms with Crippen molar-refractivity contribution in [3.8, 4) is 73.4 Å². The predicted octanol–water partition coefficient (Wildman–Crippen LogP) is 9.82. The Kier molecular flexibility index (Phi) is 5.52. The highest BCUT2D eigenvalue weighted by Gasteiger charge is 2.25. The molecule has 0 bridgehead atoms. The number of aromatic nitrogens is 2. The second kappa shape index (κ2) is 9.66. The third-order valence-electron chi connectivity index (χ3n) is 8.10. The largest absolute Gasteiger partial charge is 0.228 e. The summed E-state index contributed by atoms with van der Waals surface area (Å²) in [7, 11) is 0. The van der Waals surface area contributed by atoms with Crippen molar-refractivity contribution < 1.29 is 0 Å². The maximum absolute atomic E-state index is 9.42. The van der Waals surface area contributed by atoms with Gasteiger partial charge in [0.25, 0.3) is 0 Å². The van der Waals surface area contributed by atoms with Crippen molar-refractivity contribution in [1.29, 1.82) is 5.26 Å². The summed E-state index contributed by atoms with van der Waals surface area (Å²) in [6, 6.07) is 50.2. The molecule has 6 aromatic carbocycles. The lowest BCUT2D eigenvalue weighted by Gasteiger charge is -2.16. The quantitative estimate of drug-likeness (QED) is 0.226. The zero-order valence-electron chi connectivity index (χ0n) is 22.6. The first-order valence-corrected chi connectivity index (χ1v) is 14.0. The monoisotopic (exact) mass is 533 g/mol. The normalized spacial score (nSPS) is 11.3. The maximum Gasteiger partial charge on any atom is 0.160 e. The van der Waals surface area contributed by atoms with Crippen molar-refractivity contribution in [1.82, 2.24) is 9.97 Å². The van der Waals surface area contributed by atoms with Gasteiger partial charge in [-0.15, -0.1) is 0 Å². The standard InChI is InChI=1S/C39H23N3/c40-24-25-15-17-26(18-16-25)29-19-20-32-30-13-7-8-14-31(30)33-21-22-34(37(29)38(32)33)36-23-35(27-9-3-1-4-10-27)41-39(42-36)28-11-5-2-6-12-28/h1-23H. The van der Waals surface area contributed by atoms with E-state index in [2.05, 4.69) is 84.9 Å². The molecule has 1 aliphatic carbocycles. The van der Waals surface area contributed by atoms with Crippen molar-refractivity contribution in [2.24, 2.45) is 0 Å².